The molecule has 3 rings (SSSR count). The smallest absolute Gasteiger partial charge is 0.321 e. The quantitative estimate of drug-likeness (QED) is 0.903. The van der Waals surface area contributed by atoms with E-state index >= 15 is 0 Å². The van der Waals surface area contributed by atoms with Gasteiger partial charge in [0.2, 0.25) is 5.88 Å². The van der Waals surface area contributed by atoms with Crippen LogP contribution in [0.2, 0.25) is 5.02 Å². The number of hydrogen-bond acceptors (Lipinski definition) is 5. The molecule has 0 radical (unpaired) electrons. The van der Waals surface area contributed by atoms with Crippen molar-refractivity contribution in [3.63, 3.8) is 0 Å². The molecule has 1 aliphatic heterocycles. The Hall–Kier alpha value is -2.54. The van der Waals surface area contributed by atoms with Gasteiger partial charge in [0.05, 0.1) is 17.8 Å². The van der Waals surface area contributed by atoms with Gasteiger partial charge >= 0.3 is 12.0 Å². The Kier molecular flexibility index (Phi) is 5.55. The van der Waals surface area contributed by atoms with Gasteiger partial charge in [0.1, 0.15) is 6.10 Å². The number of piperidine rings is 1. The summed E-state index contributed by atoms with van der Waals surface area (Å²) in [6.07, 6.45) is 3.04. The number of likely N-dealkylation sites (tertiary alicyclic amines) is 1. The van der Waals surface area contributed by atoms with Crippen LogP contribution in [0, 0.1) is 0 Å². The summed E-state index contributed by atoms with van der Waals surface area (Å²) in [4.78, 5) is 22.2. The Morgan fingerprint density at radius 3 is 2.76 bits per heavy atom. The van der Waals surface area contributed by atoms with Gasteiger partial charge in [0, 0.05) is 38.2 Å². The monoisotopic (exact) mass is 362 g/mol. The molecule has 7 nitrogen and oxygen atoms in total. The van der Waals surface area contributed by atoms with Crippen molar-refractivity contribution in [1.29, 1.82) is 0 Å². The summed E-state index contributed by atoms with van der Waals surface area (Å²) in [6, 6.07) is 8.98. The molecule has 2 heterocycles. The van der Waals surface area contributed by atoms with Crippen molar-refractivity contribution < 1.29 is 14.3 Å². The molecule has 1 aromatic carbocycles. The zero-order valence-electron chi connectivity index (χ0n) is 13.8. The molecule has 0 bridgehead atoms. The van der Waals surface area contributed by atoms with Gasteiger partial charge in [0.25, 0.3) is 0 Å². The Morgan fingerprint density at radius 2 is 2.04 bits per heavy atom. The fourth-order valence-corrected chi connectivity index (χ4v) is 2.78. The van der Waals surface area contributed by atoms with Gasteiger partial charge in [-0.3, -0.25) is 0 Å². The number of rotatable bonds is 4. The number of amides is 2. The number of halogens is 1. The summed E-state index contributed by atoms with van der Waals surface area (Å²) < 4.78 is 10.8. The predicted molar refractivity (Wildman–Crippen MR) is 94.3 cm³/mol. The van der Waals surface area contributed by atoms with Gasteiger partial charge in [-0.2, -0.15) is 4.98 Å². The lowest BCUT2D eigenvalue weighted by Gasteiger charge is -2.32. The topological polar surface area (TPSA) is 76.6 Å². The molecular formula is C17H19ClN4O3. The molecular weight excluding hydrogens is 344 g/mol. The number of carbonyl (C=O) groups is 1. The first-order chi connectivity index (χ1) is 12.2. The highest BCUT2D eigenvalue weighted by Crippen LogP contribution is 2.22. The summed E-state index contributed by atoms with van der Waals surface area (Å²) in [5, 5.41) is 3.36. The van der Waals surface area contributed by atoms with Crippen LogP contribution in [0.15, 0.2) is 36.5 Å². The maximum atomic E-state index is 12.3. The first-order valence-electron chi connectivity index (χ1n) is 8.00. The lowest BCUT2D eigenvalue weighted by Crippen LogP contribution is -2.43. The van der Waals surface area contributed by atoms with Gasteiger partial charge in [-0.25, -0.2) is 9.78 Å². The number of nitrogens with one attached hydrogen (secondary N) is 1. The molecule has 1 N–H and O–H groups in total. The highest BCUT2D eigenvalue weighted by molar-refractivity contribution is 6.33. The van der Waals surface area contributed by atoms with Gasteiger partial charge in [-0.05, 0) is 12.1 Å². The maximum Gasteiger partial charge on any atom is 0.321 e. The number of hydrogen-bond donors (Lipinski definition) is 1. The van der Waals surface area contributed by atoms with E-state index in [4.69, 9.17) is 21.1 Å². The lowest BCUT2D eigenvalue weighted by atomic mass is 10.1. The second-order valence-electron chi connectivity index (χ2n) is 5.60. The maximum absolute atomic E-state index is 12.3. The number of urea groups is 1. The molecule has 132 valence electrons. The van der Waals surface area contributed by atoms with E-state index in [2.05, 4.69) is 15.3 Å². The molecule has 0 atom stereocenters. The molecule has 0 unspecified atom stereocenters. The summed E-state index contributed by atoms with van der Waals surface area (Å²) in [7, 11) is 1.51. The molecule has 0 saturated carbocycles. The van der Waals surface area contributed by atoms with E-state index in [1.807, 2.05) is 12.1 Å². The van der Waals surface area contributed by atoms with Crippen LogP contribution in [0.25, 0.3) is 0 Å². The standard InChI is InChI=1S/C17H19ClN4O3/c1-24-16-19-9-6-15(21-16)25-12-7-10-22(11-8-12)17(23)20-14-5-3-2-4-13(14)18/h2-6,9,12H,7-8,10-11H2,1H3,(H,20,23). The minimum absolute atomic E-state index is 0.00368. The molecule has 2 amide bonds. The fraction of sp³-hybridized carbons (Fsp3) is 0.353. The largest absolute Gasteiger partial charge is 0.474 e. The van der Waals surface area contributed by atoms with E-state index in [-0.39, 0.29) is 18.1 Å². The molecule has 1 saturated heterocycles. The Bertz CT molecular complexity index is 735. The van der Waals surface area contributed by atoms with Gasteiger partial charge < -0.3 is 19.7 Å². The fourth-order valence-electron chi connectivity index (χ4n) is 2.59. The first-order valence-corrected chi connectivity index (χ1v) is 8.37. The van der Waals surface area contributed by atoms with Crippen molar-refractivity contribution in [2.75, 3.05) is 25.5 Å². The molecule has 1 fully saturated rings. The van der Waals surface area contributed by atoms with E-state index in [0.717, 1.165) is 12.8 Å². The number of benzene rings is 1. The normalized spacial score (nSPS) is 14.9. The van der Waals surface area contributed by atoms with Crippen LogP contribution in [-0.2, 0) is 0 Å². The predicted octanol–water partition coefficient (Wildman–Crippen LogP) is 3.21. The highest BCUT2D eigenvalue weighted by Gasteiger charge is 2.24. The van der Waals surface area contributed by atoms with Crippen LogP contribution in [0.4, 0.5) is 10.5 Å². The van der Waals surface area contributed by atoms with E-state index in [1.165, 1.54) is 7.11 Å². The molecule has 1 aliphatic rings. The van der Waals surface area contributed by atoms with Gasteiger partial charge in [0.15, 0.2) is 0 Å². The molecule has 2 aromatic rings. The Morgan fingerprint density at radius 1 is 1.28 bits per heavy atom. The van der Waals surface area contributed by atoms with Crippen molar-refractivity contribution in [1.82, 2.24) is 14.9 Å². The second-order valence-corrected chi connectivity index (χ2v) is 6.00. The third-order valence-electron chi connectivity index (χ3n) is 3.92. The van der Waals surface area contributed by atoms with Crippen molar-refractivity contribution in [2.24, 2.45) is 0 Å². The lowest BCUT2D eigenvalue weighted by molar-refractivity contribution is 0.110. The average molecular weight is 363 g/mol. The van der Waals surface area contributed by atoms with Crippen molar-refractivity contribution in [3.05, 3.63) is 41.6 Å². The summed E-state index contributed by atoms with van der Waals surface area (Å²) in [5.74, 6) is 0.478. The average Bonchev–Trinajstić information content (AvgIpc) is 2.64. The van der Waals surface area contributed by atoms with Crippen LogP contribution >= 0.6 is 11.6 Å². The number of ether oxygens (including phenoxy) is 2. The number of nitrogens with zero attached hydrogens (tertiary/aromatic N) is 3. The molecule has 25 heavy (non-hydrogen) atoms. The van der Waals surface area contributed by atoms with E-state index < -0.39 is 0 Å². The van der Waals surface area contributed by atoms with Crippen LogP contribution < -0.4 is 14.8 Å². The SMILES string of the molecule is COc1nccc(OC2CCN(C(=O)Nc3ccccc3Cl)CC2)n1. The number of carbonyl (C=O) groups excluding carboxylic acids is 1. The van der Waals surface area contributed by atoms with E-state index in [1.54, 1.807) is 29.3 Å². The van der Waals surface area contributed by atoms with Gasteiger partial charge in [-0.15, -0.1) is 0 Å². The van der Waals surface area contributed by atoms with Crippen molar-refractivity contribution >= 4 is 23.3 Å². The van der Waals surface area contributed by atoms with Crippen LogP contribution in [0.1, 0.15) is 12.8 Å². The third kappa shape index (κ3) is 4.51. The summed E-state index contributed by atoms with van der Waals surface area (Å²) in [6.45, 7) is 1.20. The van der Waals surface area contributed by atoms with E-state index in [9.17, 15) is 4.79 Å². The minimum atomic E-state index is -0.157. The highest BCUT2D eigenvalue weighted by atomic mass is 35.5. The Labute approximate surface area is 150 Å². The summed E-state index contributed by atoms with van der Waals surface area (Å²) >= 11 is 6.07. The van der Waals surface area contributed by atoms with Crippen molar-refractivity contribution in [2.45, 2.75) is 18.9 Å². The first kappa shape index (κ1) is 17.3. The number of aromatic nitrogens is 2. The summed E-state index contributed by atoms with van der Waals surface area (Å²) in [5.41, 5.74) is 0.612. The minimum Gasteiger partial charge on any atom is -0.474 e. The van der Waals surface area contributed by atoms with Crippen LogP contribution in [-0.4, -0.2) is 47.2 Å². The van der Waals surface area contributed by atoms with Crippen LogP contribution in [0.3, 0.4) is 0 Å². The van der Waals surface area contributed by atoms with Crippen molar-refractivity contribution in [3.8, 4) is 11.9 Å². The number of anilines is 1. The number of methoxy groups -OCH3 is 1. The zero-order chi connectivity index (χ0) is 17.6. The Balaban J connectivity index is 1.51. The molecule has 0 aliphatic carbocycles. The van der Waals surface area contributed by atoms with Crippen LogP contribution in [0.5, 0.6) is 11.9 Å². The van der Waals surface area contributed by atoms with E-state index in [0.29, 0.717) is 29.7 Å². The molecule has 0 spiro atoms. The molecule has 1 aromatic heterocycles. The number of para-hydroxylation sites is 1. The zero-order valence-corrected chi connectivity index (χ0v) is 14.6. The van der Waals surface area contributed by atoms with Gasteiger partial charge in [-0.1, -0.05) is 23.7 Å². The second kappa shape index (κ2) is 8.02. The molecule has 8 heteroatoms. The third-order valence-corrected chi connectivity index (χ3v) is 4.25.